The highest BCUT2D eigenvalue weighted by molar-refractivity contribution is 14.0. The van der Waals surface area contributed by atoms with Crippen molar-refractivity contribution < 1.29 is 8.42 Å². The Kier molecular flexibility index (Phi) is 11.2. The quantitative estimate of drug-likeness (QED) is 0.238. The zero-order valence-electron chi connectivity index (χ0n) is 16.4. The second kappa shape index (κ2) is 11.6. The van der Waals surface area contributed by atoms with Gasteiger partial charge in [-0.2, -0.15) is 0 Å². The molecule has 2 N–H and O–H groups in total. The zero-order chi connectivity index (χ0) is 18.9. The molecule has 0 fully saturated rings. The number of aliphatic imine (C=N–C) groups is 1. The molecule has 26 heavy (non-hydrogen) atoms. The van der Waals surface area contributed by atoms with Crippen molar-refractivity contribution in [3.63, 3.8) is 0 Å². The van der Waals surface area contributed by atoms with E-state index in [1.54, 1.807) is 20.9 Å². The van der Waals surface area contributed by atoms with E-state index in [0.717, 1.165) is 26.1 Å². The molecule has 0 atom stereocenters. The van der Waals surface area contributed by atoms with Gasteiger partial charge >= 0.3 is 0 Å². The molecule has 0 aliphatic rings. The molecule has 8 heteroatoms. The summed E-state index contributed by atoms with van der Waals surface area (Å²) >= 11 is 0. The third-order valence-electron chi connectivity index (χ3n) is 4.31. The van der Waals surface area contributed by atoms with E-state index in [-0.39, 0.29) is 24.0 Å². The van der Waals surface area contributed by atoms with Crippen LogP contribution < -0.4 is 15.5 Å². The predicted molar refractivity (Wildman–Crippen MR) is 123 cm³/mol. The van der Waals surface area contributed by atoms with Crippen LogP contribution in [0, 0.1) is 0 Å². The van der Waals surface area contributed by atoms with Crippen LogP contribution >= 0.6 is 24.0 Å². The Balaban J connectivity index is 0.00000625. The van der Waals surface area contributed by atoms with E-state index in [2.05, 4.69) is 39.6 Å². The van der Waals surface area contributed by atoms with Gasteiger partial charge in [-0.05, 0) is 39.3 Å². The van der Waals surface area contributed by atoms with Crippen LogP contribution in [0.4, 0.5) is 5.69 Å². The average molecular weight is 496 g/mol. The van der Waals surface area contributed by atoms with Crippen LogP contribution in [0.1, 0.15) is 27.2 Å². The van der Waals surface area contributed by atoms with Gasteiger partial charge in [0.15, 0.2) is 15.8 Å². The number of anilines is 1. The molecule has 0 heterocycles. The molecule has 6 nitrogen and oxygen atoms in total. The van der Waals surface area contributed by atoms with Crippen LogP contribution in [-0.2, 0) is 9.84 Å². The summed E-state index contributed by atoms with van der Waals surface area (Å²) in [5, 5.41) is 6.34. The van der Waals surface area contributed by atoms with Crippen molar-refractivity contribution in [2.24, 2.45) is 4.99 Å². The summed E-state index contributed by atoms with van der Waals surface area (Å²) in [6.07, 6.45) is 2.21. The van der Waals surface area contributed by atoms with Gasteiger partial charge in [-0.3, -0.25) is 4.99 Å². The van der Waals surface area contributed by atoms with Crippen LogP contribution in [0.2, 0.25) is 0 Å². The Morgan fingerprint density at radius 1 is 1.19 bits per heavy atom. The first-order valence-electron chi connectivity index (χ1n) is 8.65. The molecule has 0 amide bonds. The Morgan fingerprint density at radius 3 is 2.31 bits per heavy atom. The zero-order valence-corrected chi connectivity index (χ0v) is 19.6. The molecule has 0 saturated carbocycles. The summed E-state index contributed by atoms with van der Waals surface area (Å²) in [5.74, 6) is 0.625. The minimum absolute atomic E-state index is 0. The molecule has 0 aliphatic carbocycles. The van der Waals surface area contributed by atoms with Gasteiger partial charge in [0.25, 0.3) is 0 Å². The number of nitrogens with one attached hydrogen (secondary N) is 2. The van der Waals surface area contributed by atoms with Gasteiger partial charge in [-0.25, -0.2) is 8.42 Å². The highest BCUT2D eigenvalue weighted by Crippen LogP contribution is 2.13. The maximum Gasteiger partial charge on any atom is 0.191 e. The van der Waals surface area contributed by atoms with Crippen LogP contribution in [0.3, 0.4) is 0 Å². The predicted octanol–water partition coefficient (Wildman–Crippen LogP) is 2.51. The van der Waals surface area contributed by atoms with E-state index in [0.29, 0.717) is 12.5 Å². The van der Waals surface area contributed by atoms with E-state index in [1.165, 1.54) is 11.9 Å². The molecule has 0 unspecified atom stereocenters. The topological polar surface area (TPSA) is 73.8 Å². The molecule has 1 aromatic carbocycles. The maximum absolute atomic E-state index is 11.8. The van der Waals surface area contributed by atoms with Gasteiger partial charge in [0.2, 0.25) is 0 Å². The summed E-state index contributed by atoms with van der Waals surface area (Å²) in [6.45, 7) is 8.55. The fourth-order valence-electron chi connectivity index (χ4n) is 2.23. The lowest BCUT2D eigenvalue weighted by Crippen LogP contribution is -2.48. The molecular weight excluding hydrogens is 463 g/mol. The van der Waals surface area contributed by atoms with E-state index in [1.807, 2.05) is 18.2 Å². The summed E-state index contributed by atoms with van der Waals surface area (Å²) in [5.41, 5.74) is 1.22. The summed E-state index contributed by atoms with van der Waals surface area (Å²) in [6, 6.07) is 10.3. The molecule has 150 valence electrons. The molecule has 1 aromatic rings. The number of sulfone groups is 1. The standard InChI is InChI=1S/C18H32N4O2S.HI/c1-6-22(16-11-8-7-9-12-16)14-10-13-20-17(19-4)21-15-18(2,3)25(5,23)24;/h7-9,11-12H,6,10,13-15H2,1-5H3,(H2,19,20,21);1H. The normalized spacial score (nSPS) is 12.3. The van der Waals surface area contributed by atoms with Crippen LogP contribution in [0.15, 0.2) is 35.3 Å². The largest absolute Gasteiger partial charge is 0.372 e. The first kappa shape index (κ1) is 25.0. The van der Waals surface area contributed by atoms with Crippen molar-refractivity contribution in [2.75, 3.05) is 44.4 Å². The molecule has 0 aromatic heterocycles. The van der Waals surface area contributed by atoms with Gasteiger partial charge in [-0.15, -0.1) is 24.0 Å². The van der Waals surface area contributed by atoms with Crippen molar-refractivity contribution in [1.82, 2.24) is 10.6 Å². The fraction of sp³-hybridized carbons (Fsp3) is 0.611. The Morgan fingerprint density at radius 2 is 1.81 bits per heavy atom. The van der Waals surface area contributed by atoms with Crippen molar-refractivity contribution in [2.45, 2.75) is 31.9 Å². The van der Waals surface area contributed by atoms with Gasteiger partial charge in [-0.1, -0.05) is 18.2 Å². The molecule has 0 bridgehead atoms. The second-order valence-electron chi connectivity index (χ2n) is 6.65. The fourth-order valence-corrected chi connectivity index (χ4v) is 2.57. The van der Waals surface area contributed by atoms with Crippen molar-refractivity contribution in [1.29, 1.82) is 0 Å². The van der Waals surface area contributed by atoms with Crippen LogP contribution in [0.25, 0.3) is 0 Å². The smallest absolute Gasteiger partial charge is 0.191 e. The number of halogens is 1. The lowest BCUT2D eigenvalue weighted by molar-refractivity contribution is 0.544. The number of guanidine groups is 1. The third kappa shape index (κ3) is 8.11. The van der Waals surface area contributed by atoms with E-state index in [9.17, 15) is 8.42 Å². The van der Waals surface area contributed by atoms with Crippen molar-refractivity contribution >= 4 is 45.5 Å². The third-order valence-corrected chi connectivity index (χ3v) is 6.46. The van der Waals surface area contributed by atoms with E-state index in [4.69, 9.17) is 0 Å². The molecule has 0 saturated heterocycles. The van der Waals surface area contributed by atoms with E-state index < -0.39 is 14.6 Å². The lowest BCUT2D eigenvalue weighted by atomic mass is 10.2. The van der Waals surface area contributed by atoms with Crippen molar-refractivity contribution in [3.05, 3.63) is 30.3 Å². The summed E-state index contributed by atoms with van der Waals surface area (Å²) in [4.78, 5) is 6.48. The molecule has 0 radical (unpaired) electrons. The number of nitrogens with zero attached hydrogens (tertiary/aromatic N) is 2. The highest BCUT2D eigenvalue weighted by atomic mass is 127. The Labute approximate surface area is 175 Å². The first-order chi connectivity index (χ1) is 11.7. The lowest BCUT2D eigenvalue weighted by Gasteiger charge is -2.25. The Bertz CT molecular complexity index is 648. The maximum atomic E-state index is 11.8. The second-order valence-corrected chi connectivity index (χ2v) is 9.30. The minimum atomic E-state index is -3.13. The molecular formula is C18H33IN4O2S. The molecule has 0 aliphatic heterocycles. The SMILES string of the molecule is CCN(CCCNC(=NC)NCC(C)(C)S(C)(=O)=O)c1ccccc1.I. The first-order valence-corrected chi connectivity index (χ1v) is 10.5. The molecule has 1 rings (SSSR count). The Hall–Kier alpha value is -1.03. The monoisotopic (exact) mass is 496 g/mol. The van der Waals surface area contributed by atoms with Gasteiger partial charge in [0.1, 0.15) is 0 Å². The minimum Gasteiger partial charge on any atom is -0.372 e. The summed E-state index contributed by atoms with van der Waals surface area (Å²) < 4.78 is 22.7. The van der Waals surface area contributed by atoms with E-state index >= 15 is 0 Å². The van der Waals surface area contributed by atoms with Crippen molar-refractivity contribution in [3.8, 4) is 0 Å². The number of hydrogen-bond acceptors (Lipinski definition) is 4. The highest BCUT2D eigenvalue weighted by Gasteiger charge is 2.30. The summed E-state index contributed by atoms with van der Waals surface area (Å²) in [7, 11) is -1.44. The average Bonchev–Trinajstić information content (AvgIpc) is 2.57. The number of benzene rings is 1. The van der Waals surface area contributed by atoms with Gasteiger partial charge in [0.05, 0.1) is 4.75 Å². The van der Waals surface area contributed by atoms with Crippen LogP contribution in [-0.4, -0.2) is 58.6 Å². The number of rotatable bonds is 9. The van der Waals surface area contributed by atoms with Crippen LogP contribution in [0.5, 0.6) is 0 Å². The van der Waals surface area contributed by atoms with Gasteiger partial charge in [0, 0.05) is 45.2 Å². The van der Waals surface area contributed by atoms with Gasteiger partial charge < -0.3 is 15.5 Å². The number of hydrogen-bond donors (Lipinski definition) is 2. The number of para-hydroxylation sites is 1. The molecule has 0 spiro atoms.